The molecule has 0 amide bonds. The molecule has 3 unspecified atom stereocenters. The zero-order chi connectivity index (χ0) is 8.01. The van der Waals surface area contributed by atoms with Crippen LogP contribution in [0.5, 0.6) is 0 Å². The van der Waals surface area contributed by atoms with Gasteiger partial charge >= 0.3 is 0 Å². The first-order valence-corrected chi connectivity index (χ1v) is 4.97. The Labute approximate surface area is 69.4 Å². The molecule has 0 aromatic carbocycles. The van der Waals surface area contributed by atoms with E-state index in [1.165, 1.54) is 19.3 Å². The monoisotopic (exact) mass is 153 g/mol. The highest BCUT2D eigenvalue weighted by molar-refractivity contribution is 5.05. The van der Waals surface area contributed by atoms with Gasteiger partial charge in [-0.25, -0.2) is 0 Å². The van der Waals surface area contributed by atoms with Crippen molar-refractivity contribution in [3.8, 4) is 0 Å². The molecule has 2 rings (SSSR count). The lowest BCUT2D eigenvalue weighted by Gasteiger charge is -2.17. The second-order valence-corrected chi connectivity index (χ2v) is 4.66. The summed E-state index contributed by atoms with van der Waals surface area (Å²) < 4.78 is 0. The molecule has 0 aromatic heterocycles. The summed E-state index contributed by atoms with van der Waals surface area (Å²) in [4.78, 5) is 0. The number of rotatable bonds is 2. The van der Waals surface area contributed by atoms with E-state index in [-0.39, 0.29) is 0 Å². The summed E-state index contributed by atoms with van der Waals surface area (Å²) in [5, 5.41) is 0. The van der Waals surface area contributed by atoms with Gasteiger partial charge in [-0.05, 0) is 36.5 Å². The highest BCUT2D eigenvalue weighted by Crippen LogP contribution is 2.59. The van der Waals surface area contributed by atoms with Crippen LogP contribution < -0.4 is 5.73 Å². The molecule has 2 aliphatic carbocycles. The minimum absolute atomic E-state index is 0.491. The van der Waals surface area contributed by atoms with Crippen LogP contribution in [0.25, 0.3) is 0 Å². The SMILES string of the molecule is CC(C)C(N)C1C2CCCC21. The van der Waals surface area contributed by atoms with E-state index in [2.05, 4.69) is 13.8 Å². The Hall–Kier alpha value is -0.0400. The van der Waals surface area contributed by atoms with Crippen LogP contribution in [0, 0.1) is 23.7 Å². The zero-order valence-corrected chi connectivity index (χ0v) is 7.59. The van der Waals surface area contributed by atoms with Gasteiger partial charge in [-0.3, -0.25) is 0 Å². The Morgan fingerprint density at radius 2 is 1.73 bits per heavy atom. The van der Waals surface area contributed by atoms with Crippen LogP contribution >= 0.6 is 0 Å². The molecule has 2 N–H and O–H groups in total. The van der Waals surface area contributed by atoms with E-state index in [0.29, 0.717) is 12.0 Å². The topological polar surface area (TPSA) is 26.0 Å². The maximum Gasteiger partial charge on any atom is 0.00958 e. The standard InChI is InChI=1S/C10H19N/c1-6(2)10(11)9-7-4-3-5-8(7)9/h6-10H,3-5,11H2,1-2H3. The van der Waals surface area contributed by atoms with Crippen LogP contribution in [0.1, 0.15) is 33.1 Å². The predicted molar refractivity (Wildman–Crippen MR) is 47.1 cm³/mol. The number of hydrogen-bond donors (Lipinski definition) is 1. The second-order valence-electron chi connectivity index (χ2n) is 4.66. The summed E-state index contributed by atoms with van der Waals surface area (Å²) in [7, 11) is 0. The molecule has 0 bridgehead atoms. The maximum atomic E-state index is 6.11. The highest BCUT2D eigenvalue weighted by Gasteiger charge is 2.55. The van der Waals surface area contributed by atoms with Gasteiger partial charge in [-0.15, -0.1) is 0 Å². The van der Waals surface area contributed by atoms with Crippen molar-refractivity contribution in [2.45, 2.75) is 39.2 Å². The van der Waals surface area contributed by atoms with Crippen molar-refractivity contribution in [2.24, 2.45) is 29.4 Å². The summed E-state index contributed by atoms with van der Waals surface area (Å²) in [5.74, 6) is 3.66. The van der Waals surface area contributed by atoms with Gasteiger partial charge in [0.25, 0.3) is 0 Å². The fraction of sp³-hybridized carbons (Fsp3) is 1.00. The van der Waals surface area contributed by atoms with Crippen LogP contribution in [0.2, 0.25) is 0 Å². The largest absolute Gasteiger partial charge is 0.327 e. The fourth-order valence-electron chi connectivity index (χ4n) is 2.89. The highest BCUT2D eigenvalue weighted by atomic mass is 14.8. The molecular weight excluding hydrogens is 134 g/mol. The van der Waals surface area contributed by atoms with E-state index in [1.807, 2.05) is 0 Å². The van der Waals surface area contributed by atoms with Gasteiger partial charge in [0.15, 0.2) is 0 Å². The quantitative estimate of drug-likeness (QED) is 0.645. The molecule has 1 nitrogen and oxygen atoms in total. The Morgan fingerprint density at radius 1 is 1.18 bits per heavy atom. The zero-order valence-electron chi connectivity index (χ0n) is 7.59. The second kappa shape index (κ2) is 2.48. The molecule has 3 atom stereocenters. The fourth-order valence-corrected chi connectivity index (χ4v) is 2.89. The van der Waals surface area contributed by atoms with Crippen LogP contribution in [-0.4, -0.2) is 6.04 Å². The third kappa shape index (κ3) is 1.10. The van der Waals surface area contributed by atoms with Crippen molar-refractivity contribution >= 4 is 0 Å². The lowest BCUT2D eigenvalue weighted by Crippen LogP contribution is -2.30. The van der Waals surface area contributed by atoms with Crippen molar-refractivity contribution in [3.63, 3.8) is 0 Å². The van der Waals surface area contributed by atoms with E-state index in [1.54, 1.807) is 0 Å². The van der Waals surface area contributed by atoms with E-state index in [4.69, 9.17) is 5.73 Å². The van der Waals surface area contributed by atoms with Gasteiger partial charge < -0.3 is 5.73 Å². The van der Waals surface area contributed by atoms with Gasteiger partial charge in [-0.1, -0.05) is 20.3 Å². The summed E-state index contributed by atoms with van der Waals surface area (Å²) in [6.45, 7) is 4.50. The van der Waals surface area contributed by atoms with Crippen molar-refractivity contribution in [3.05, 3.63) is 0 Å². The average Bonchev–Trinajstić information content (AvgIpc) is 2.41. The van der Waals surface area contributed by atoms with E-state index in [0.717, 1.165) is 17.8 Å². The molecule has 2 aliphatic rings. The summed E-state index contributed by atoms with van der Waals surface area (Å²) in [5.41, 5.74) is 6.11. The third-order valence-corrected chi connectivity index (χ3v) is 3.69. The Bertz CT molecular complexity index is 143. The molecule has 0 aliphatic heterocycles. The lowest BCUT2D eigenvalue weighted by molar-refractivity contribution is 0.393. The number of nitrogens with two attached hydrogens (primary N) is 1. The summed E-state index contributed by atoms with van der Waals surface area (Å²) in [6.07, 6.45) is 4.40. The molecule has 11 heavy (non-hydrogen) atoms. The average molecular weight is 153 g/mol. The Kier molecular flexibility index (Phi) is 1.71. The van der Waals surface area contributed by atoms with Crippen LogP contribution in [0.3, 0.4) is 0 Å². The van der Waals surface area contributed by atoms with Crippen LogP contribution in [0.4, 0.5) is 0 Å². The van der Waals surface area contributed by atoms with Crippen LogP contribution in [0.15, 0.2) is 0 Å². The maximum absolute atomic E-state index is 6.11. The first-order valence-electron chi connectivity index (χ1n) is 4.97. The van der Waals surface area contributed by atoms with Crippen molar-refractivity contribution in [1.82, 2.24) is 0 Å². The number of hydrogen-bond acceptors (Lipinski definition) is 1. The molecule has 0 spiro atoms. The van der Waals surface area contributed by atoms with Gasteiger partial charge in [-0.2, -0.15) is 0 Å². The van der Waals surface area contributed by atoms with Gasteiger partial charge in [0.2, 0.25) is 0 Å². The minimum atomic E-state index is 0.491. The summed E-state index contributed by atoms with van der Waals surface area (Å²) >= 11 is 0. The smallest absolute Gasteiger partial charge is 0.00958 e. The minimum Gasteiger partial charge on any atom is -0.327 e. The molecule has 0 aromatic rings. The van der Waals surface area contributed by atoms with Gasteiger partial charge in [0.05, 0.1) is 0 Å². The first kappa shape index (κ1) is 7.60. The van der Waals surface area contributed by atoms with Gasteiger partial charge in [0.1, 0.15) is 0 Å². The summed E-state index contributed by atoms with van der Waals surface area (Å²) in [6, 6.07) is 0.491. The number of fused-ring (bicyclic) bond motifs is 1. The molecule has 0 saturated heterocycles. The molecular formula is C10H19N. The first-order chi connectivity index (χ1) is 5.22. The Morgan fingerprint density at radius 3 is 2.18 bits per heavy atom. The van der Waals surface area contributed by atoms with E-state index in [9.17, 15) is 0 Å². The van der Waals surface area contributed by atoms with Crippen molar-refractivity contribution < 1.29 is 0 Å². The van der Waals surface area contributed by atoms with Gasteiger partial charge in [0, 0.05) is 6.04 Å². The van der Waals surface area contributed by atoms with Crippen molar-refractivity contribution in [2.75, 3.05) is 0 Å². The van der Waals surface area contributed by atoms with Crippen molar-refractivity contribution in [1.29, 1.82) is 0 Å². The van der Waals surface area contributed by atoms with Crippen LogP contribution in [-0.2, 0) is 0 Å². The normalized spacial score (nSPS) is 44.2. The van der Waals surface area contributed by atoms with E-state index < -0.39 is 0 Å². The molecule has 0 radical (unpaired) electrons. The molecule has 2 fully saturated rings. The lowest BCUT2D eigenvalue weighted by atomic mass is 9.95. The molecule has 0 heterocycles. The van der Waals surface area contributed by atoms with E-state index >= 15 is 0 Å². The molecule has 2 saturated carbocycles. The Balaban J connectivity index is 1.90. The molecule has 64 valence electrons. The predicted octanol–water partition coefficient (Wildman–Crippen LogP) is 2.02. The third-order valence-electron chi connectivity index (χ3n) is 3.69. The molecule has 1 heteroatoms.